The number of hydrogen-bond donors (Lipinski definition) is 0. The molecule has 1 amide bonds. The number of hydrogen-bond acceptors (Lipinski definition) is 5. The first kappa shape index (κ1) is 34.9. The number of nitrogens with zero attached hydrogens (tertiary/aromatic N) is 1. The van der Waals surface area contributed by atoms with Crippen molar-refractivity contribution in [3.05, 3.63) is 83.9 Å². The van der Waals surface area contributed by atoms with Crippen molar-refractivity contribution in [2.45, 2.75) is 98.0 Å². The third-order valence-corrected chi connectivity index (χ3v) is 9.34. The first-order valence-corrected chi connectivity index (χ1v) is 17.3. The number of ether oxygens (including phenoxy) is 2. The van der Waals surface area contributed by atoms with Crippen LogP contribution in [0.3, 0.4) is 0 Å². The Morgan fingerprint density at radius 1 is 0.674 bits per heavy atom. The van der Waals surface area contributed by atoms with Crippen molar-refractivity contribution >= 4 is 17.7 Å². The van der Waals surface area contributed by atoms with Gasteiger partial charge in [-0.2, -0.15) is 0 Å². The second kappa shape index (κ2) is 17.7. The second-order valence-electron chi connectivity index (χ2n) is 12.7. The van der Waals surface area contributed by atoms with Crippen molar-refractivity contribution in [3.8, 4) is 22.6 Å². The van der Waals surface area contributed by atoms with Crippen LogP contribution in [0.5, 0.6) is 11.5 Å². The fraction of sp³-hybridized carbons (Fsp3) is 0.475. The molecule has 46 heavy (non-hydrogen) atoms. The van der Waals surface area contributed by atoms with Gasteiger partial charge < -0.3 is 14.4 Å². The molecule has 6 nitrogen and oxygen atoms in total. The molecule has 1 saturated heterocycles. The van der Waals surface area contributed by atoms with Crippen LogP contribution >= 0.6 is 0 Å². The topological polar surface area (TPSA) is 72.9 Å². The highest BCUT2D eigenvalue weighted by atomic mass is 16.5. The van der Waals surface area contributed by atoms with Crippen LogP contribution in [0.25, 0.3) is 11.1 Å². The van der Waals surface area contributed by atoms with E-state index in [1.807, 2.05) is 41.3 Å². The minimum absolute atomic E-state index is 0.0301. The normalized spacial score (nSPS) is 16.7. The largest absolute Gasteiger partial charge is 0.481 e. The predicted octanol–water partition coefficient (Wildman–Crippen LogP) is 9.56. The van der Waals surface area contributed by atoms with Gasteiger partial charge >= 0.3 is 5.97 Å². The minimum atomic E-state index is -0.529. The molecular weight excluding hydrogens is 574 g/mol. The molecule has 0 aliphatic carbocycles. The third kappa shape index (κ3) is 9.78. The lowest BCUT2D eigenvalue weighted by Gasteiger charge is -2.25. The maximum atomic E-state index is 13.7. The number of unbranched alkanes of at least 4 members (excludes halogenated alkanes) is 6. The monoisotopic (exact) mass is 625 g/mol. The Morgan fingerprint density at radius 3 is 1.72 bits per heavy atom. The zero-order valence-electron chi connectivity index (χ0n) is 28.1. The van der Waals surface area contributed by atoms with Crippen LogP contribution in [0.15, 0.2) is 72.8 Å². The number of benzene rings is 3. The van der Waals surface area contributed by atoms with Gasteiger partial charge in [-0.1, -0.05) is 109 Å². The van der Waals surface area contributed by atoms with Crippen molar-refractivity contribution in [1.29, 1.82) is 0 Å². The lowest BCUT2D eigenvalue weighted by atomic mass is 9.92. The number of carbonyl (C=O) groups is 3. The molecule has 6 heteroatoms. The number of amides is 1. The van der Waals surface area contributed by atoms with Crippen LogP contribution in [0.2, 0.25) is 0 Å². The molecule has 0 bridgehead atoms. The number of carbonyl (C=O) groups excluding carboxylic acids is 3. The summed E-state index contributed by atoms with van der Waals surface area (Å²) in [6.07, 6.45) is 10.6. The maximum Gasteiger partial charge on any atom is 0.343 e. The second-order valence-corrected chi connectivity index (χ2v) is 12.7. The first-order valence-electron chi connectivity index (χ1n) is 17.3. The van der Waals surface area contributed by atoms with Crippen LogP contribution in [-0.4, -0.2) is 41.8 Å². The summed E-state index contributed by atoms with van der Waals surface area (Å²) in [5.74, 6) is 1.77. The predicted molar refractivity (Wildman–Crippen MR) is 184 cm³/mol. The smallest absolute Gasteiger partial charge is 0.343 e. The van der Waals surface area contributed by atoms with Gasteiger partial charge in [0.2, 0.25) is 0 Å². The van der Waals surface area contributed by atoms with E-state index in [0.29, 0.717) is 40.9 Å². The van der Waals surface area contributed by atoms with Crippen molar-refractivity contribution in [2.75, 3.05) is 13.1 Å². The van der Waals surface area contributed by atoms with Gasteiger partial charge in [0, 0.05) is 18.7 Å². The van der Waals surface area contributed by atoms with E-state index in [9.17, 15) is 14.4 Å². The van der Waals surface area contributed by atoms with Gasteiger partial charge in [-0.3, -0.25) is 9.59 Å². The Kier molecular flexibility index (Phi) is 13.4. The number of rotatable bonds is 17. The van der Waals surface area contributed by atoms with Crippen molar-refractivity contribution in [2.24, 2.45) is 11.8 Å². The Morgan fingerprint density at radius 2 is 1.17 bits per heavy atom. The van der Waals surface area contributed by atoms with E-state index < -0.39 is 12.1 Å². The lowest BCUT2D eigenvalue weighted by molar-refractivity contribution is -0.138. The van der Waals surface area contributed by atoms with Gasteiger partial charge in [-0.05, 0) is 79.1 Å². The summed E-state index contributed by atoms with van der Waals surface area (Å²) in [4.78, 5) is 40.2. The molecule has 246 valence electrons. The SMILES string of the molecule is CCCCCCCCCC(Oc1ccc(C(=O)Oc2ccc(-c3ccc(C(C)=O)cc3)cc2)cc1)C(=O)N1CC(CC)C(CC)C1. The molecule has 4 rings (SSSR count). The summed E-state index contributed by atoms with van der Waals surface area (Å²) in [5.41, 5.74) is 3.01. The van der Waals surface area contributed by atoms with Gasteiger partial charge in [-0.15, -0.1) is 0 Å². The zero-order valence-corrected chi connectivity index (χ0v) is 28.1. The van der Waals surface area contributed by atoms with Crippen molar-refractivity contribution in [1.82, 2.24) is 4.90 Å². The standard InChI is InChI=1S/C40H51NO5/c1-5-8-9-10-11-12-13-14-38(39(43)41-27-30(6-2)31(7-3)28-41)45-36-25-21-35(22-26-36)40(44)46-37-23-19-34(20-24-37)33-17-15-32(16-18-33)29(4)42/h15-26,30-31,38H,5-14,27-28H2,1-4H3. The zero-order chi connectivity index (χ0) is 32.9. The quantitative estimate of drug-likeness (QED) is 0.0646. The van der Waals surface area contributed by atoms with Crippen LogP contribution in [0.1, 0.15) is 113 Å². The van der Waals surface area contributed by atoms with E-state index in [0.717, 1.165) is 49.9 Å². The average molecular weight is 626 g/mol. The highest BCUT2D eigenvalue weighted by molar-refractivity contribution is 5.94. The summed E-state index contributed by atoms with van der Waals surface area (Å²) in [7, 11) is 0. The van der Waals surface area contributed by atoms with Gasteiger partial charge in [0.05, 0.1) is 5.56 Å². The Labute approximate surface area is 275 Å². The fourth-order valence-electron chi connectivity index (χ4n) is 6.38. The highest BCUT2D eigenvalue weighted by Gasteiger charge is 2.36. The molecule has 3 atom stereocenters. The molecule has 3 aromatic carbocycles. The summed E-state index contributed by atoms with van der Waals surface area (Å²) in [6.45, 7) is 9.82. The van der Waals surface area contributed by atoms with Crippen LogP contribution in [0.4, 0.5) is 0 Å². The lowest BCUT2D eigenvalue weighted by Crippen LogP contribution is -2.41. The molecule has 0 radical (unpaired) electrons. The number of Topliss-reactive ketones (excluding diaryl/α,β-unsaturated/α-hetero) is 1. The Bertz CT molecular complexity index is 1390. The molecule has 1 aliphatic rings. The Balaban J connectivity index is 1.36. The summed E-state index contributed by atoms with van der Waals surface area (Å²) < 4.78 is 12.0. The van der Waals surface area contributed by atoms with Gasteiger partial charge in [0.15, 0.2) is 11.9 Å². The Hall–Kier alpha value is -3.93. The molecule has 0 N–H and O–H groups in total. The van der Waals surface area contributed by atoms with Crippen LogP contribution < -0.4 is 9.47 Å². The molecule has 1 fully saturated rings. The molecule has 0 spiro atoms. The van der Waals surface area contributed by atoms with Crippen LogP contribution in [-0.2, 0) is 4.79 Å². The van der Waals surface area contributed by atoms with Gasteiger partial charge in [0.1, 0.15) is 11.5 Å². The molecule has 0 aromatic heterocycles. The molecule has 1 heterocycles. The number of likely N-dealkylation sites (tertiary alicyclic amines) is 1. The molecule has 0 saturated carbocycles. The fourth-order valence-corrected chi connectivity index (χ4v) is 6.38. The summed E-state index contributed by atoms with van der Waals surface area (Å²) in [6, 6.07) is 21.6. The van der Waals surface area contributed by atoms with E-state index in [1.165, 1.54) is 32.1 Å². The van der Waals surface area contributed by atoms with E-state index >= 15 is 0 Å². The van der Waals surface area contributed by atoms with Crippen molar-refractivity contribution < 1.29 is 23.9 Å². The third-order valence-electron chi connectivity index (χ3n) is 9.34. The van der Waals surface area contributed by atoms with Crippen molar-refractivity contribution in [3.63, 3.8) is 0 Å². The summed E-state index contributed by atoms with van der Waals surface area (Å²) >= 11 is 0. The first-order chi connectivity index (χ1) is 22.3. The molecule has 3 unspecified atom stereocenters. The molecule has 3 aromatic rings. The average Bonchev–Trinajstić information content (AvgIpc) is 3.51. The van der Waals surface area contributed by atoms with E-state index in [1.54, 1.807) is 43.3 Å². The number of ketones is 1. The van der Waals surface area contributed by atoms with Crippen LogP contribution in [0, 0.1) is 11.8 Å². The molecule has 1 aliphatic heterocycles. The number of esters is 1. The summed E-state index contributed by atoms with van der Waals surface area (Å²) in [5, 5.41) is 0. The van der Waals surface area contributed by atoms with E-state index in [2.05, 4.69) is 20.8 Å². The molecular formula is C40H51NO5. The van der Waals surface area contributed by atoms with Gasteiger partial charge in [0.25, 0.3) is 5.91 Å². The minimum Gasteiger partial charge on any atom is -0.481 e. The maximum absolute atomic E-state index is 13.7. The highest BCUT2D eigenvalue weighted by Crippen LogP contribution is 2.30. The van der Waals surface area contributed by atoms with E-state index in [4.69, 9.17) is 9.47 Å². The van der Waals surface area contributed by atoms with Gasteiger partial charge in [-0.25, -0.2) is 4.79 Å². The van der Waals surface area contributed by atoms with E-state index in [-0.39, 0.29) is 11.7 Å².